The molecule has 0 aliphatic carbocycles. The molecule has 70 heavy (non-hydrogen) atoms. The summed E-state index contributed by atoms with van der Waals surface area (Å²) in [5.41, 5.74) is 9.41. The van der Waals surface area contributed by atoms with E-state index in [2.05, 4.69) is 49.6 Å². The summed E-state index contributed by atoms with van der Waals surface area (Å²) in [4.78, 5) is 30.8. The SMILES string of the molecule is COC(=O)CC(O)CNCc1cc(Cl)c(OCc2cccc(-c3cccc(COc4cc(OCc5cncc(C#N)c5)c(CNC/C=C\C(=O)O)cc4Cl)c3C)c2C)cc1OCc1cncc(C#N)c1. The number of ether oxygens (including phenoxy) is 5. The zero-order valence-electron chi connectivity index (χ0n) is 38.6. The molecule has 15 nitrogen and oxygen atoms in total. The van der Waals surface area contributed by atoms with Gasteiger partial charge in [-0.2, -0.15) is 10.5 Å². The number of nitrogens with one attached hydrogen (secondary N) is 2. The van der Waals surface area contributed by atoms with Crippen LogP contribution in [0, 0.1) is 36.5 Å². The Morgan fingerprint density at radius 3 is 1.64 bits per heavy atom. The molecule has 0 radical (unpaired) electrons. The molecule has 0 aliphatic rings. The van der Waals surface area contributed by atoms with Gasteiger partial charge in [-0.05, 0) is 71.5 Å². The number of methoxy groups -OCH3 is 1. The van der Waals surface area contributed by atoms with Crippen LogP contribution >= 0.6 is 23.2 Å². The van der Waals surface area contributed by atoms with Crippen molar-refractivity contribution in [3.05, 3.63) is 175 Å². The number of hydrogen-bond donors (Lipinski definition) is 4. The van der Waals surface area contributed by atoms with Gasteiger partial charge in [-0.3, -0.25) is 14.8 Å². The number of carbonyl (C=O) groups is 2. The molecule has 0 spiro atoms. The van der Waals surface area contributed by atoms with Crippen molar-refractivity contribution in [3.8, 4) is 46.3 Å². The highest BCUT2D eigenvalue weighted by atomic mass is 35.5. The summed E-state index contributed by atoms with van der Waals surface area (Å²) in [7, 11) is 1.26. The van der Waals surface area contributed by atoms with Crippen LogP contribution < -0.4 is 29.6 Å². The molecule has 4 N–H and O–H groups in total. The number of aliphatic hydroxyl groups is 1. The fourth-order valence-electron chi connectivity index (χ4n) is 7.24. The quantitative estimate of drug-likeness (QED) is 0.0253. The number of benzene rings is 4. The van der Waals surface area contributed by atoms with E-state index in [0.29, 0.717) is 79.5 Å². The molecule has 2 heterocycles. The van der Waals surface area contributed by atoms with Crippen LogP contribution in [0.4, 0.5) is 0 Å². The Labute approximate surface area is 415 Å². The lowest BCUT2D eigenvalue weighted by atomic mass is 9.92. The number of carbonyl (C=O) groups excluding carboxylic acids is 1. The van der Waals surface area contributed by atoms with Crippen molar-refractivity contribution < 1.29 is 43.5 Å². The van der Waals surface area contributed by atoms with Gasteiger partial charge in [0.1, 0.15) is 61.6 Å². The number of rotatable bonds is 24. The number of hydrogen-bond acceptors (Lipinski definition) is 14. The molecule has 17 heteroatoms. The van der Waals surface area contributed by atoms with Gasteiger partial charge in [0.15, 0.2) is 0 Å². The monoisotopic (exact) mass is 984 g/mol. The summed E-state index contributed by atoms with van der Waals surface area (Å²) in [6.45, 7) is 5.65. The molecule has 4 aromatic carbocycles. The number of carboxylic acid groups (broad SMARTS) is 1. The van der Waals surface area contributed by atoms with Crippen molar-refractivity contribution in [3.63, 3.8) is 0 Å². The van der Waals surface area contributed by atoms with Crippen LogP contribution in [0.3, 0.4) is 0 Å². The Kier molecular flexibility index (Phi) is 19.1. The van der Waals surface area contributed by atoms with Crippen LogP contribution in [-0.4, -0.2) is 58.4 Å². The topological polar surface area (TPSA) is 218 Å². The molecule has 1 atom stereocenters. The first-order chi connectivity index (χ1) is 33.8. The smallest absolute Gasteiger partial charge is 0.328 e. The summed E-state index contributed by atoms with van der Waals surface area (Å²) < 4.78 is 29.9. The lowest BCUT2D eigenvalue weighted by molar-refractivity contribution is -0.142. The molecule has 0 bridgehead atoms. The first kappa shape index (κ1) is 51.9. The Bertz CT molecular complexity index is 2940. The highest BCUT2D eigenvalue weighted by molar-refractivity contribution is 6.32. The Balaban J connectivity index is 1.18. The molecule has 0 saturated carbocycles. The number of carboxylic acids is 1. The van der Waals surface area contributed by atoms with E-state index in [0.717, 1.165) is 39.5 Å². The number of aliphatic carboxylic acids is 1. The van der Waals surface area contributed by atoms with Crippen molar-refractivity contribution in [2.75, 3.05) is 20.2 Å². The third kappa shape index (κ3) is 14.8. The minimum absolute atomic E-state index is 0.105. The maximum absolute atomic E-state index is 11.6. The van der Waals surface area contributed by atoms with Gasteiger partial charge in [-0.25, -0.2) is 4.79 Å². The Morgan fingerprint density at radius 2 is 1.17 bits per heavy atom. The Morgan fingerprint density at radius 1 is 0.686 bits per heavy atom. The lowest BCUT2D eigenvalue weighted by Gasteiger charge is -2.19. The Hall–Kier alpha value is -7.50. The minimum atomic E-state index is -1.04. The van der Waals surface area contributed by atoms with E-state index in [4.69, 9.17) is 47.3 Å². The molecule has 2 aromatic heterocycles. The number of aromatic nitrogens is 2. The number of nitriles is 2. The van der Waals surface area contributed by atoms with E-state index in [1.165, 1.54) is 25.6 Å². The second kappa shape index (κ2) is 25.7. The van der Waals surface area contributed by atoms with Gasteiger partial charge in [-0.15, -0.1) is 0 Å². The number of aliphatic hydroxyl groups excluding tert-OH is 1. The fourth-order valence-corrected chi connectivity index (χ4v) is 7.72. The molecule has 6 aromatic rings. The fraction of sp³-hybridized carbons (Fsp3) is 0.245. The number of esters is 1. The second-order valence-corrected chi connectivity index (χ2v) is 16.8. The third-order valence-electron chi connectivity index (χ3n) is 11.0. The minimum Gasteiger partial charge on any atom is -0.488 e. The first-order valence-corrected chi connectivity index (χ1v) is 22.7. The number of pyridine rings is 2. The highest BCUT2D eigenvalue weighted by Crippen LogP contribution is 2.37. The maximum Gasteiger partial charge on any atom is 0.328 e. The van der Waals surface area contributed by atoms with Crippen LogP contribution in [-0.2, 0) is 53.8 Å². The first-order valence-electron chi connectivity index (χ1n) is 21.9. The third-order valence-corrected chi connectivity index (χ3v) is 11.6. The summed E-state index contributed by atoms with van der Waals surface area (Å²) in [5, 5.41) is 45.0. The molecular weight excluding hydrogens is 936 g/mol. The largest absolute Gasteiger partial charge is 0.488 e. The van der Waals surface area contributed by atoms with Gasteiger partial charge >= 0.3 is 11.9 Å². The summed E-state index contributed by atoms with van der Waals surface area (Å²) in [5.74, 6) is 0.153. The van der Waals surface area contributed by atoms with Crippen molar-refractivity contribution in [1.29, 1.82) is 10.5 Å². The molecule has 0 saturated heterocycles. The molecule has 0 fully saturated rings. The highest BCUT2D eigenvalue weighted by Gasteiger charge is 2.18. The normalized spacial score (nSPS) is 11.4. The number of nitrogens with zero attached hydrogens (tertiary/aromatic N) is 4. The number of halogens is 2. The van der Waals surface area contributed by atoms with Crippen LogP contribution in [0.2, 0.25) is 10.0 Å². The second-order valence-electron chi connectivity index (χ2n) is 15.9. The van der Waals surface area contributed by atoms with E-state index in [9.17, 15) is 25.2 Å². The van der Waals surface area contributed by atoms with Gasteiger partial charge in [0.25, 0.3) is 0 Å². The maximum atomic E-state index is 11.6. The molecule has 6 rings (SSSR count). The molecule has 1 unspecified atom stereocenters. The van der Waals surface area contributed by atoms with E-state index < -0.39 is 18.0 Å². The van der Waals surface area contributed by atoms with Crippen LogP contribution in [0.25, 0.3) is 11.1 Å². The van der Waals surface area contributed by atoms with Crippen molar-refractivity contribution in [2.24, 2.45) is 0 Å². The molecule has 0 amide bonds. The van der Waals surface area contributed by atoms with Crippen molar-refractivity contribution in [1.82, 2.24) is 20.6 Å². The summed E-state index contributed by atoms with van der Waals surface area (Å²) in [6.07, 6.45) is 7.62. The van der Waals surface area contributed by atoms with Crippen LogP contribution in [0.5, 0.6) is 23.0 Å². The standard InChI is InChI=1S/C53H50Cl2N6O9/c1-33-39(31-69-50-18-48(67-29-37-13-35(20-56)22-59-24-37)41(15-46(50)54)26-58-12-6-11-52(63)64)7-4-9-44(33)45-10-5-8-40(34(45)2)32-70-51-19-49(68-30-38-14-36(21-57)23-60-25-38)42(16-47(51)55)27-61-28-43(62)17-53(65)66-3/h4-11,13-16,18-19,22-25,43,58,61-62H,12,17,26-32H2,1-3H3,(H,63,64)/b11-6-. The van der Waals surface area contributed by atoms with Gasteiger partial charge in [-0.1, -0.05) is 65.7 Å². The van der Waals surface area contributed by atoms with E-state index in [-0.39, 0.29) is 45.9 Å². The summed E-state index contributed by atoms with van der Waals surface area (Å²) >= 11 is 13.6. The lowest BCUT2D eigenvalue weighted by Crippen LogP contribution is -2.28. The predicted molar refractivity (Wildman–Crippen MR) is 262 cm³/mol. The zero-order valence-corrected chi connectivity index (χ0v) is 40.1. The van der Waals surface area contributed by atoms with E-state index >= 15 is 0 Å². The van der Waals surface area contributed by atoms with Gasteiger partial charge in [0.05, 0.1) is 40.8 Å². The molecular formula is C53H50Cl2N6O9. The average Bonchev–Trinajstić information content (AvgIpc) is 3.35. The molecule has 0 aliphatic heterocycles. The average molecular weight is 986 g/mol. The van der Waals surface area contributed by atoms with Crippen molar-refractivity contribution in [2.45, 2.75) is 65.9 Å². The summed E-state index contributed by atoms with van der Waals surface area (Å²) in [6, 6.07) is 26.5. The van der Waals surface area contributed by atoms with Crippen LogP contribution in [0.1, 0.15) is 62.1 Å². The van der Waals surface area contributed by atoms with Gasteiger partial charge in [0.2, 0.25) is 0 Å². The zero-order chi connectivity index (χ0) is 50.0. The van der Waals surface area contributed by atoms with Gasteiger partial charge in [0, 0.05) is 91.4 Å². The van der Waals surface area contributed by atoms with Crippen LogP contribution in [0.15, 0.2) is 110 Å². The van der Waals surface area contributed by atoms with E-state index in [1.807, 2.05) is 38.1 Å². The van der Waals surface area contributed by atoms with Crippen molar-refractivity contribution >= 4 is 35.1 Å². The molecule has 360 valence electrons. The van der Waals surface area contributed by atoms with E-state index in [1.54, 1.807) is 48.8 Å². The van der Waals surface area contributed by atoms with Gasteiger partial charge < -0.3 is 44.5 Å². The predicted octanol–water partition coefficient (Wildman–Crippen LogP) is 8.87.